The van der Waals surface area contributed by atoms with E-state index in [0.717, 1.165) is 14.6 Å². The Labute approximate surface area is 121 Å². The molecule has 0 fully saturated rings. The summed E-state index contributed by atoms with van der Waals surface area (Å²) in [5.41, 5.74) is 6.28. The minimum Gasteiger partial charge on any atom is -0.384 e. The average Bonchev–Trinajstić information content (AvgIpc) is 2.76. The fourth-order valence-corrected chi connectivity index (χ4v) is 1.98. The molecule has 0 amide bonds. The molecule has 0 spiro atoms. The van der Waals surface area contributed by atoms with Crippen LogP contribution in [-0.2, 0) is 0 Å². The number of nitrogen functional groups attached to an aromatic ring is 1. The Bertz CT molecular complexity index is 634. The fourth-order valence-electron chi connectivity index (χ4n) is 1.31. The molecular weight excluding hydrogens is 360 g/mol. The second kappa shape index (κ2) is 5.97. The summed E-state index contributed by atoms with van der Waals surface area (Å²) >= 11 is 6.61. The molecule has 3 aromatic heterocycles. The van der Waals surface area contributed by atoms with Crippen LogP contribution in [0.4, 0.5) is 5.82 Å². The van der Waals surface area contributed by atoms with Crippen molar-refractivity contribution in [3.8, 4) is 0 Å². The van der Waals surface area contributed by atoms with Gasteiger partial charge in [-0.3, -0.25) is 0 Å². The van der Waals surface area contributed by atoms with Crippen molar-refractivity contribution in [2.24, 2.45) is 0 Å². The summed E-state index contributed by atoms with van der Waals surface area (Å²) in [5, 5.41) is 0. The lowest BCUT2D eigenvalue weighted by molar-refractivity contribution is 1.18. The van der Waals surface area contributed by atoms with Gasteiger partial charge in [-0.15, -0.1) is 0 Å². The molecule has 0 atom stereocenters. The molecule has 0 radical (unpaired) electrons. The molecule has 18 heavy (non-hydrogen) atoms. The van der Waals surface area contributed by atoms with E-state index in [2.05, 4.69) is 41.8 Å². The van der Waals surface area contributed by atoms with Gasteiger partial charge in [0.1, 0.15) is 11.5 Å². The first-order chi connectivity index (χ1) is 8.65. The third kappa shape index (κ3) is 3.54. The van der Waals surface area contributed by atoms with E-state index < -0.39 is 0 Å². The maximum atomic E-state index is 5.32. The molecule has 0 aliphatic rings. The number of nitrogens with zero attached hydrogens (tertiary/aromatic N) is 3. The van der Waals surface area contributed by atoms with Gasteiger partial charge in [0.15, 0.2) is 0 Å². The highest BCUT2D eigenvalue weighted by molar-refractivity contribution is 9.10. The van der Waals surface area contributed by atoms with Crippen LogP contribution in [0.3, 0.4) is 0 Å². The summed E-state index contributed by atoms with van der Waals surface area (Å²) in [7, 11) is 0. The highest BCUT2D eigenvalue weighted by Gasteiger charge is 1.91. The third-order valence-corrected chi connectivity index (χ3v) is 3.09. The zero-order valence-corrected chi connectivity index (χ0v) is 12.5. The van der Waals surface area contributed by atoms with Gasteiger partial charge in [-0.25, -0.2) is 9.97 Å². The predicted molar refractivity (Wildman–Crippen MR) is 79.2 cm³/mol. The van der Waals surface area contributed by atoms with E-state index in [1.54, 1.807) is 18.5 Å². The number of anilines is 1. The highest BCUT2D eigenvalue weighted by atomic mass is 79.9. The number of nitrogens with two attached hydrogens (primary N) is 1. The van der Waals surface area contributed by atoms with Crippen LogP contribution < -0.4 is 5.73 Å². The van der Waals surface area contributed by atoms with Crippen molar-refractivity contribution in [2.45, 2.75) is 0 Å². The van der Waals surface area contributed by atoms with Gasteiger partial charge in [-0.2, -0.15) is 0 Å². The monoisotopic (exact) mass is 368 g/mol. The first-order valence-corrected chi connectivity index (χ1v) is 6.69. The molecule has 3 aromatic rings. The lowest BCUT2D eigenvalue weighted by atomic mass is 10.5. The van der Waals surface area contributed by atoms with E-state index in [4.69, 9.17) is 5.73 Å². The molecule has 2 N–H and O–H groups in total. The fraction of sp³-hybridized carbons (Fsp3) is 0. The molecule has 3 rings (SSSR count). The third-order valence-electron chi connectivity index (χ3n) is 2.10. The summed E-state index contributed by atoms with van der Waals surface area (Å²) in [4.78, 5) is 7.90. The molecule has 3 heterocycles. The van der Waals surface area contributed by atoms with E-state index >= 15 is 0 Å². The standard InChI is InChI=1S/C7H5BrN2.C5H5BrN2/c8-6-1-3-10-4-2-9-7(10)5-6;6-4-1-2-8-5(7)3-4/h1-5H;1-3H,(H2,7,8). The normalized spacial score (nSPS) is 9.89. The van der Waals surface area contributed by atoms with Crippen molar-refractivity contribution in [3.63, 3.8) is 0 Å². The van der Waals surface area contributed by atoms with Gasteiger partial charge in [0.25, 0.3) is 0 Å². The van der Waals surface area contributed by atoms with Crippen molar-refractivity contribution in [3.05, 3.63) is 58.0 Å². The Balaban J connectivity index is 0.000000138. The van der Waals surface area contributed by atoms with Crippen molar-refractivity contribution >= 4 is 43.3 Å². The lowest BCUT2D eigenvalue weighted by Crippen LogP contribution is -1.86. The predicted octanol–water partition coefficient (Wildman–Crippen LogP) is 3.52. The Kier molecular flexibility index (Phi) is 4.33. The van der Waals surface area contributed by atoms with E-state index in [-0.39, 0.29) is 0 Å². The first kappa shape index (κ1) is 13.0. The molecule has 0 bridgehead atoms. The SMILES string of the molecule is Brc1ccn2ccnc2c1.Nc1cc(Br)ccn1. The Morgan fingerprint density at radius 3 is 2.39 bits per heavy atom. The van der Waals surface area contributed by atoms with Crippen LogP contribution >= 0.6 is 31.9 Å². The van der Waals surface area contributed by atoms with Crippen LogP contribution in [-0.4, -0.2) is 14.4 Å². The van der Waals surface area contributed by atoms with Crippen molar-refractivity contribution < 1.29 is 0 Å². The first-order valence-electron chi connectivity index (χ1n) is 5.10. The molecule has 0 saturated carbocycles. The molecule has 0 aliphatic carbocycles. The van der Waals surface area contributed by atoms with Crippen molar-refractivity contribution in [1.82, 2.24) is 14.4 Å². The van der Waals surface area contributed by atoms with Crippen LogP contribution in [0.15, 0.2) is 58.0 Å². The van der Waals surface area contributed by atoms with Gasteiger partial charge in [0.2, 0.25) is 0 Å². The van der Waals surface area contributed by atoms with Crippen LogP contribution in [0, 0.1) is 0 Å². The van der Waals surface area contributed by atoms with E-state index in [1.807, 2.05) is 35.0 Å². The van der Waals surface area contributed by atoms with E-state index in [1.165, 1.54) is 0 Å². The molecular formula is C12H10Br2N4. The number of aromatic nitrogens is 3. The highest BCUT2D eigenvalue weighted by Crippen LogP contribution is 2.11. The molecule has 4 nitrogen and oxygen atoms in total. The molecule has 92 valence electrons. The van der Waals surface area contributed by atoms with Crippen LogP contribution in [0.25, 0.3) is 5.65 Å². The van der Waals surface area contributed by atoms with Crippen molar-refractivity contribution in [1.29, 1.82) is 0 Å². The number of fused-ring (bicyclic) bond motifs is 1. The van der Waals surface area contributed by atoms with Crippen LogP contribution in [0.2, 0.25) is 0 Å². The van der Waals surface area contributed by atoms with Gasteiger partial charge >= 0.3 is 0 Å². The van der Waals surface area contributed by atoms with Gasteiger partial charge in [0.05, 0.1) is 0 Å². The van der Waals surface area contributed by atoms with Gasteiger partial charge < -0.3 is 10.1 Å². The topological polar surface area (TPSA) is 56.2 Å². The summed E-state index contributed by atoms with van der Waals surface area (Å²) in [5.74, 6) is 0.541. The lowest BCUT2D eigenvalue weighted by Gasteiger charge is -1.91. The summed E-state index contributed by atoms with van der Waals surface area (Å²) in [6, 6.07) is 7.53. The minimum atomic E-state index is 0.541. The smallest absolute Gasteiger partial charge is 0.137 e. The quantitative estimate of drug-likeness (QED) is 0.659. The van der Waals surface area contributed by atoms with E-state index in [0.29, 0.717) is 5.82 Å². The Morgan fingerprint density at radius 1 is 0.944 bits per heavy atom. The second-order valence-corrected chi connectivity index (χ2v) is 5.27. The molecule has 6 heteroatoms. The molecule has 0 aliphatic heterocycles. The Hall–Kier alpha value is -1.40. The number of halogens is 2. The van der Waals surface area contributed by atoms with Gasteiger partial charge in [-0.05, 0) is 24.3 Å². The van der Waals surface area contributed by atoms with Crippen LogP contribution in [0.5, 0.6) is 0 Å². The number of pyridine rings is 2. The molecule has 0 saturated heterocycles. The number of rotatable bonds is 0. The molecule has 0 aromatic carbocycles. The largest absolute Gasteiger partial charge is 0.384 e. The number of hydrogen-bond acceptors (Lipinski definition) is 3. The minimum absolute atomic E-state index is 0.541. The van der Waals surface area contributed by atoms with Gasteiger partial charge in [-0.1, -0.05) is 31.9 Å². The number of imidazole rings is 1. The average molecular weight is 370 g/mol. The summed E-state index contributed by atoms with van der Waals surface area (Å²) in [6.07, 6.45) is 7.31. The van der Waals surface area contributed by atoms with Gasteiger partial charge in [0, 0.05) is 33.7 Å². The zero-order chi connectivity index (χ0) is 13.0. The second-order valence-electron chi connectivity index (χ2n) is 3.44. The van der Waals surface area contributed by atoms with E-state index in [9.17, 15) is 0 Å². The summed E-state index contributed by atoms with van der Waals surface area (Å²) < 4.78 is 3.99. The number of hydrogen-bond donors (Lipinski definition) is 1. The maximum Gasteiger partial charge on any atom is 0.137 e. The molecule has 0 unspecified atom stereocenters. The summed E-state index contributed by atoms with van der Waals surface area (Å²) in [6.45, 7) is 0. The zero-order valence-electron chi connectivity index (χ0n) is 9.29. The Morgan fingerprint density at radius 2 is 1.72 bits per heavy atom. The van der Waals surface area contributed by atoms with Crippen molar-refractivity contribution in [2.75, 3.05) is 5.73 Å². The van der Waals surface area contributed by atoms with Crippen LogP contribution in [0.1, 0.15) is 0 Å². The maximum absolute atomic E-state index is 5.32.